The predicted octanol–water partition coefficient (Wildman–Crippen LogP) is 1.10. The summed E-state index contributed by atoms with van der Waals surface area (Å²) in [4.78, 5) is 17.3. The summed E-state index contributed by atoms with van der Waals surface area (Å²) in [6.07, 6.45) is 7.01. The summed E-state index contributed by atoms with van der Waals surface area (Å²) in [5.74, 6) is 1.37. The van der Waals surface area contributed by atoms with Crippen LogP contribution in [0.25, 0.3) is 0 Å². The van der Waals surface area contributed by atoms with Crippen molar-refractivity contribution < 1.29 is 4.79 Å². The quantitative estimate of drug-likeness (QED) is 0.715. The second-order valence-corrected chi connectivity index (χ2v) is 4.48. The number of carbonyl (C=O) groups excluding carboxylic acids is 1. The van der Waals surface area contributed by atoms with Gasteiger partial charge in [0.2, 0.25) is 0 Å². The van der Waals surface area contributed by atoms with Crippen molar-refractivity contribution in [2.24, 2.45) is 5.92 Å². The molecule has 1 fully saturated rings. The topological polar surface area (TPSA) is 38.1 Å². The Morgan fingerprint density at radius 1 is 1.44 bits per heavy atom. The molecule has 1 aliphatic rings. The monoisotopic (exact) mass is 221 g/mol. The summed E-state index contributed by atoms with van der Waals surface area (Å²) >= 11 is 0. The molecule has 0 atom stereocenters. The van der Waals surface area contributed by atoms with Crippen LogP contribution in [0.15, 0.2) is 12.4 Å². The molecule has 0 amide bonds. The Hall–Kier alpha value is -1.16. The maximum Gasteiger partial charge on any atom is 0.123 e. The molecule has 0 saturated carbocycles. The molecular weight excluding hydrogens is 202 g/mol. The lowest BCUT2D eigenvalue weighted by molar-refractivity contribution is -0.112. The third-order valence-electron chi connectivity index (χ3n) is 3.41. The number of aldehydes is 1. The largest absolute Gasteiger partial charge is 0.334 e. The SMILES string of the molecule is Cc1nccn1CCN1CCC(C=O)CC1. The first-order valence-electron chi connectivity index (χ1n) is 5.95. The lowest BCUT2D eigenvalue weighted by Crippen LogP contribution is -2.36. The van der Waals surface area contributed by atoms with Crippen molar-refractivity contribution in [2.75, 3.05) is 19.6 Å². The zero-order valence-electron chi connectivity index (χ0n) is 9.80. The number of nitrogens with zero attached hydrogens (tertiary/aromatic N) is 3. The molecular formula is C12H19N3O. The normalized spacial score (nSPS) is 18.8. The molecule has 0 N–H and O–H groups in total. The average molecular weight is 221 g/mol. The summed E-state index contributed by atoms with van der Waals surface area (Å²) in [5.41, 5.74) is 0. The number of aryl methyl sites for hydroxylation is 1. The molecule has 4 nitrogen and oxygen atoms in total. The van der Waals surface area contributed by atoms with Crippen LogP contribution in [-0.4, -0.2) is 40.4 Å². The molecule has 88 valence electrons. The molecule has 1 aromatic rings. The fraction of sp³-hybridized carbons (Fsp3) is 0.667. The Morgan fingerprint density at radius 3 is 2.75 bits per heavy atom. The van der Waals surface area contributed by atoms with Gasteiger partial charge in [0.05, 0.1) is 0 Å². The van der Waals surface area contributed by atoms with Crippen molar-refractivity contribution in [1.29, 1.82) is 0 Å². The van der Waals surface area contributed by atoms with Crippen LogP contribution in [0.4, 0.5) is 0 Å². The zero-order chi connectivity index (χ0) is 11.4. The van der Waals surface area contributed by atoms with E-state index in [4.69, 9.17) is 0 Å². The van der Waals surface area contributed by atoms with Gasteiger partial charge in [-0.05, 0) is 32.9 Å². The molecule has 1 aromatic heterocycles. The van der Waals surface area contributed by atoms with E-state index in [0.717, 1.165) is 51.1 Å². The fourth-order valence-electron chi connectivity index (χ4n) is 2.20. The number of imidazole rings is 1. The highest BCUT2D eigenvalue weighted by Gasteiger charge is 2.17. The van der Waals surface area contributed by atoms with Gasteiger partial charge in [-0.2, -0.15) is 0 Å². The Morgan fingerprint density at radius 2 is 2.19 bits per heavy atom. The predicted molar refractivity (Wildman–Crippen MR) is 62.2 cm³/mol. The van der Waals surface area contributed by atoms with Crippen molar-refractivity contribution in [1.82, 2.24) is 14.5 Å². The molecule has 2 rings (SSSR count). The Labute approximate surface area is 96.3 Å². The first-order chi connectivity index (χ1) is 7.79. The molecule has 0 aromatic carbocycles. The molecule has 1 aliphatic heterocycles. The molecule has 0 unspecified atom stereocenters. The van der Waals surface area contributed by atoms with Crippen LogP contribution < -0.4 is 0 Å². The number of hydrogen-bond acceptors (Lipinski definition) is 3. The number of hydrogen-bond donors (Lipinski definition) is 0. The van der Waals surface area contributed by atoms with Crippen molar-refractivity contribution >= 4 is 6.29 Å². The van der Waals surface area contributed by atoms with Crippen molar-refractivity contribution in [3.8, 4) is 0 Å². The number of likely N-dealkylation sites (tertiary alicyclic amines) is 1. The van der Waals surface area contributed by atoms with Crippen LogP contribution in [0.5, 0.6) is 0 Å². The third kappa shape index (κ3) is 2.70. The molecule has 2 heterocycles. The molecule has 0 radical (unpaired) electrons. The minimum atomic E-state index is 0.297. The van der Waals surface area contributed by atoms with Crippen LogP contribution >= 0.6 is 0 Å². The Balaban J connectivity index is 1.75. The summed E-state index contributed by atoms with van der Waals surface area (Å²) < 4.78 is 2.17. The van der Waals surface area contributed by atoms with Crippen molar-refractivity contribution in [3.63, 3.8) is 0 Å². The molecule has 16 heavy (non-hydrogen) atoms. The highest BCUT2D eigenvalue weighted by atomic mass is 16.1. The van der Waals surface area contributed by atoms with Gasteiger partial charge >= 0.3 is 0 Å². The summed E-state index contributed by atoms with van der Waals surface area (Å²) in [5, 5.41) is 0. The van der Waals surface area contributed by atoms with Gasteiger partial charge in [0.25, 0.3) is 0 Å². The maximum atomic E-state index is 10.6. The van der Waals surface area contributed by atoms with E-state index in [0.29, 0.717) is 5.92 Å². The second-order valence-electron chi connectivity index (χ2n) is 4.48. The van der Waals surface area contributed by atoms with Crippen molar-refractivity contribution in [3.05, 3.63) is 18.2 Å². The molecule has 4 heteroatoms. The highest BCUT2D eigenvalue weighted by molar-refractivity contribution is 5.53. The van der Waals surface area contributed by atoms with E-state index in [-0.39, 0.29) is 0 Å². The molecule has 0 spiro atoms. The number of rotatable bonds is 4. The Kier molecular flexibility index (Phi) is 3.72. The van der Waals surface area contributed by atoms with E-state index < -0.39 is 0 Å². The number of piperidine rings is 1. The van der Waals surface area contributed by atoms with Crippen LogP contribution in [-0.2, 0) is 11.3 Å². The van der Waals surface area contributed by atoms with E-state index in [1.165, 1.54) is 0 Å². The van der Waals surface area contributed by atoms with E-state index in [2.05, 4.69) is 14.5 Å². The smallest absolute Gasteiger partial charge is 0.123 e. The fourth-order valence-corrected chi connectivity index (χ4v) is 2.20. The van der Waals surface area contributed by atoms with Gasteiger partial charge in [-0.25, -0.2) is 4.98 Å². The lowest BCUT2D eigenvalue weighted by atomic mass is 9.99. The van der Waals surface area contributed by atoms with Crippen LogP contribution in [0.1, 0.15) is 18.7 Å². The van der Waals surface area contributed by atoms with Gasteiger partial charge in [-0.1, -0.05) is 0 Å². The van der Waals surface area contributed by atoms with E-state index in [1.54, 1.807) is 0 Å². The number of carbonyl (C=O) groups is 1. The maximum absolute atomic E-state index is 10.6. The lowest BCUT2D eigenvalue weighted by Gasteiger charge is -2.29. The van der Waals surface area contributed by atoms with Gasteiger partial charge in [0, 0.05) is 31.4 Å². The molecule has 0 bridgehead atoms. The summed E-state index contributed by atoms with van der Waals surface area (Å²) in [6.45, 7) is 6.19. The Bertz CT molecular complexity index is 340. The van der Waals surface area contributed by atoms with Crippen molar-refractivity contribution in [2.45, 2.75) is 26.3 Å². The first-order valence-corrected chi connectivity index (χ1v) is 5.95. The van der Waals surface area contributed by atoms with Crippen LogP contribution in [0.2, 0.25) is 0 Å². The van der Waals surface area contributed by atoms with Gasteiger partial charge in [0.15, 0.2) is 0 Å². The third-order valence-corrected chi connectivity index (χ3v) is 3.41. The van der Waals surface area contributed by atoms with E-state index in [1.807, 2.05) is 19.3 Å². The van der Waals surface area contributed by atoms with E-state index in [9.17, 15) is 4.79 Å². The molecule has 1 saturated heterocycles. The van der Waals surface area contributed by atoms with E-state index >= 15 is 0 Å². The summed E-state index contributed by atoms with van der Waals surface area (Å²) in [7, 11) is 0. The standard InChI is InChI=1S/C12H19N3O/c1-11-13-4-7-15(11)9-8-14-5-2-12(10-16)3-6-14/h4,7,10,12H,2-3,5-6,8-9H2,1H3. The minimum Gasteiger partial charge on any atom is -0.334 e. The van der Waals surface area contributed by atoms with Crippen LogP contribution in [0, 0.1) is 12.8 Å². The van der Waals surface area contributed by atoms with Crippen LogP contribution in [0.3, 0.4) is 0 Å². The van der Waals surface area contributed by atoms with Gasteiger partial charge in [-0.3, -0.25) is 0 Å². The first kappa shape index (κ1) is 11.3. The second kappa shape index (κ2) is 5.25. The number of aromatic nitrogens is 2. The zero-order valence-corrected chi connectivity index (χ0v) is 9.80. The molecule has 0 aliphatic carbocycles. The highest BCUT2D eigenvalue weighted by Crippen LogP contribution is 2.14. The van der Waals surface area contributed by atoms with Gasteiger partial charge in [-0.15, -0.1) is 0 Å². The van der Waals surface area contributed by atoms with Gasteiger partial charge < -0.3 is 14.3 Å². The summed E-state index contributed by atoms with van der Waals surface area (Å²) in [6, 6.07) is 0. The average Bonchev–Trinajstić information content (AvgIpc) is 2.73. The minimum absolute atomic E-state index is 0.297. The van der Waals surface area contributed by atoms with Gasteiger partial charge in [0.1, 0.15) is 12.1 Å².